The third-order valence-corrected chi connectivity index (χ3v) is 1.54. The lowest BCUT2D eigenvalue weighted by molar-refractivity contribution is -0.340. The Bertz CT molecular complexity index is 223. The van der Waals surface area contributed by atoms with Crippen LogP contribution in [0.3, 0.4) is 0 Å². The number of hydrogen-bond donors (Lipinski definition) is 0. The fraction of sp³-hybridized carbons (Fsp3) is 1.00. The SMILES string of the molecule is [B]C(C(F)(F)C(F)(F)F)C(F)(F)C(F)(F)F. The molecule has 0 amide bonds. The first kappa shape index (κ1) is 15.4. The van der Waals surface area contributed by atoms with E-state index in [-0.39, 0.29) is 0 Å². The van der Waals surface area contributed by atoms with Gasteiger partial charge in [0.15, 0.2) is 0 Å². The Morgan fingerprint density at radius 2 is 0.750 bits per heavy atom. The molecule has 94 valence electrons. The van der Waals surface area contributed by atoms with E-state index >= 15 is 0 Å². The second kappa shape index (κ2) is 3.69. The Balaban J connectivity index is 5.30. The number of rotatable bonds is 2. The molecule has 0 aromatic rings. The van der Waals surface area contributed by atoms with E-state index < -0.39 is 30.0 Å². The standard InChI is InChI=1S/C5HBF10/c6-1(2(7,8)4(11,12)13)3(9,10)5(14,15)16/h1H. The van der Waals surface area contributed by atoms with E-state index in [4.69, 9.17) is 0 Å². The molecule has 0 atom stereocenters. The van der Waals surface area contributed by atoms with Gasteiger partial charge in [0.25, 0.3) is 0 Å². The van der Waals surface area contributed by atoms with Gasteiger partial charge in [-0.25, -0.2) is 0 Å². The van der Waals surface area contributed by atoms with Crippen LogP contribution in [-0.2, 0) is 0 Å². The van der Waals surface area contributed by atoms with Crippen LogP contribution < -0.4 is 0 Å². The van der Waals surface area contributed by atoms with Gasteiger partial charge in [0.1, 0.15) is 0 Å². The van der Waals surface area contributed by atoms with Gasteiger partial charge in [-0.2, -0.15) is 43.9 Å². The molecule has 0 nitrogen and oxygen atoms in total. The van der Waals surface area contributed by atoms with Crippen molar-refractivity contribution in [2.75, 3.05) is 0 Å². The molecule has 0 aromatic carbocycles. The zero-order chi connectivity index (χ0) is 13.6. The number of halogens is 10. The topological polar surface area (TPSA) is 0 Å². The van der Waals surface area contributed by atoms with Crippen LogP contribution in [0.4, 0.5) is 43.9 Å². The molecule has 0 aliphatic carbocycles. The van der Waals surface area contributed by atoms with Gasteiger partial charge in [0.2, 0.25) is 0 Å². The zero-order valence-electron chi connectivity index (χ0n) is 6.93. The summed E-state index contributed by atoms with van der Waals surface area (Å²) >= 11 is 0. The maximum absolute atomic E-state index is 12.1. The molecule has 0 unspecified atom stereocenters. The van der Waals surface area contributed by atoms with Gasteiger partial charge in [0.05, 0.1) is 13.7 Å². The highest BCUT2D eigenvalue weighted by atomic mass is 19.4. The van der Waals surface area contributed by atoms with Gasteiger partial charge in [-0.05, 0) is 0 Å². The number of alkyl halides is 10. The molecular formula is C5HBF10. The minimum absolute atomic E-state index is 3.66. The Labute approximate surface area is 83.0 Å². The molecular weight excluding hydrogens is 261 g/mol. The first-order valence-electron chi connectivity index (χ1n) is 3.30. The maximum atomic E-state index is 12.1. The molecule has 0 aromatic heterocycles. The molecule has 2 radical (unpaired) electrons. The molecule has 0 fully saturated rings. The highest BCUT2D eigenvalue weighted by molar-refractivity contribution is 6.13. The highest BCUT2D eigenvalue weighted by Gasteiger charge is 2.73. The minimum atomic E-state index is -6.60. The van der Waals surface area contributed by atoms with Crippen LogP contribution in [0.15, 0.2) is 0 Å². The van der Waals surface area contributed by atoms with E-state index in [0.29, 0.717) is 0 Å². The molecule has 0 heterocycles. The minimum Gasteiger partial charge on any atom is -0.197 e. The average molecular weight is 262 g/mol. The predicted molar refractivity (Wildman–Crippen MR) is 31.5 cm³/mol. The van der Waals surface area contributed by atoms with Crippen LogP contribution in [0.5, 0.6) is 0 Å². The average Bonchev–Trinajstić information content (AvgIpc) is 1.98. The van der Waals surface area contributed by atoms with Crippen molar-refractivity contribution in [2.24, 2.45) is 0 Å². The van der Waals surface area contributed by atoms with Gasteiger partial charge >= 0.3 is 24.2 Å². The van der Waals surface area contributed by atoms with Crippen LogP contribution in [0.25, 0.3) is 0 Å². The van der Waals surface area contributed by atoms with Crippen molar-refractivity contribution in [2.45, 2.75) is 30.0 Å². The van der Waals surface area contributed by atoms with Crippen LogP contribution >= 0.6 is 0 Å². The second-order valence-corrected chi connectivity index (χ2v) is 2.72. The van der Waals surface area contributed by atoms with E-state index in [2.05, 4.69) is 7.85 Å². The molecule has 0 saturated heterocycles. The van der Waals surface area contributed by atoms with E-state index in [1.807, 2.05) is 0 Å². The smallest absolute Gasteiger partial charge is 0.197 e. The third kappa shape index (κ3) is 2.37. The Kier molecular flexibility index (Phi) is 3.54. The summed E-state index contributed by atoms with van der Waals surface area (Å²) < 4.78 is 117. The quantitative estimate of drug-likeness (QED) is 0.528. The van der Waals surface area contributed by atoms with Crippen molar-refractivity contribution in [3.05, 3.63) is 0 Å². The van der Waals surface area contributed by atoms with Gasteiger partial charge < -0.3 is 0 Å². The first-order valence-corrected chi connectivity index (χ1v) is 3.30. The van der Waals surface area contributed by atoms with E-state index in [0.717, 1.165) is 0 Å². The highest BCUT2D eigenvalue weighted by Crippen LogP contribution is 2.54. The first-order chi connectivity index (χ1) is 6.65. The summed E-state index contributed by atoms with van der Waals surface area (Å²) in [5.41, 5.74) is 0. The zero-order valence-corrected chi connectivity index (χ0v) is 6.93. The molecule has 16 heavy (non-hydrogen) atoms. The van der Waals surface area contributed by atoms with E-state index in [9.17, 15) is 43.9 Å². The van der Waals surface area contributed by atoms with E-state index in [1.165, 1.54) is 0 Å². The summed E-state index contributed by atoms with van der Waals surface area (Å²) in [5, 5.41) is 0. The summed E-state index contributed by atoms with van der Waals surface area (Å²) in [4.78, 5) is 0. The van der Waals surface area contributed by atoms with Crippen molar-refractivity contribution >= 4 is 7.85 Å². The Hall–Kier alpha value is -0.635. The van der Waals surface area contributed by atoms with Gasteiger partial charge in [-0.3, -0.25) is 0 Å². The number of hydrogen-bond acceptors (Lipinski definition) is 0. The summed E-state index contributed by atoms with van der Waals surface area (Å²) in [7, 11) is 3.66. The summed E-state index contributed by atoms with van der Waals surface area (Å²) in [5.74, 6) is -17.4. The molecule has 0 saturated carbocycles. The largest absolute Gasteiger partial charge is 0.452 e. The van der Waals surface area contributed by atoms with Crippen molar-refractivity contribution in [1.29, 1.82) is 0 Å². The molecule has 0 rings (SSSR count). The Morgan fingerprint density at radius 1 is 0.562 bits per heavy atom. The lowest BCUT2D eigenvalue weighted by Gasteiger charge is -2.33. The fourth-order valence-corrected chi connectivity index (χ4v) is 0.580. The molecule has 0 aliphatic rings. The lowest BCUT2D eigenvalue weighted by atomic mass is 9.75. The Morgan fingerprint density at radius 3 is 0.875 bits per heavy atom. The van der Waals surface area contributed by atoms with Crippen LogP contribution in [0.2, 0.25) is 5.82 Å². The van der Waals surface area contributed by atoms with Crippen LogP contribution in [-0.4, -0.2) is 32.0 Å². The van der Waals surface area contributed by atoms with E-state index in [1.54, 1.807) is 0 Å². The van der Waals surface area contributed by atoms with Crippen LogP contribution in [0, 0.1) is 0 Å². The van der Waals surface area contributed by atoms with Crippen molar-refractivity contribution < 1.29 is 43.9 Å². The molecule has 0 spiro atoms. The van der Waals surface area contributed by atoms with Gasteiger partial charge in [-0.1, -0.05) is 0 Å². The third-order valence-electron chi connectivity index (χ3n) is 1.54. The molecule has 11 heteroatoms. The fourth-order valence-electron chi connectivity index (χ4n) is 0.580. The maximum Gasteiger partial charge on any atom is 0.452 e. The predicted octanol–water partition coefficient (Wildman–Crippen LogP) is 3.34. The summed E-state index contributed by atoms with van der Waals surface area (Å²) in [6.45, 7) is 0. The van der Waals surface area contributed by atoms with Crippen molar-refractivity contribution in [3.8, 4) is 0 Å². The molecule has 0 bridgehead atoms. The lowest BCUT2D eigenvalue weighted by Crippen LogP contribution is -2.53. The normalized spacial score (nSPS) is 15.7. The second-order valence-electron chi connectivity index (χ2n) is 2.72. The summed E-state index contributed by atoms with van der Waals surface area (Å²) in [6, 6.07) is 0. The van der Waals surface area contributed by atoms with Crippen molar-refractivity contribution in [3.63, 3.8) is 0 Å². The summed E-state index contributed by atoms with van der Waals surface area (Å²) in [6.07, 6.45) is -13.2. The monoisotopic (exact) mass is 262 g/mol. The van der Waals surface area contributed by atoms with Gasteiger partial charge in [0, 0.05) is 0 Å². The van der Waals surface area contributed by atoms with Crippen LogP contribution in [0.1, 0.15) is 0 Å². The molecule has 0 N–H and O–H groups in total. The van der Waals surface area contributed by atoms with Gasteiger partial charge in [-0.15, -0.1) is 0 Å². The van der Waals surface area contributed by atoms with Crippen molar-refractivity contribution in [1.82, 2.24) is 0 Å². The molecule has 0 aliphatic heterocycles.